The van der Waals surface area contributed by atoms with E-state index < -0.39 is 41.4 Å². The van der Waals surface area contributed by atoms with Crippen LogP contribution in [0.2, 0.25) is 5.02 Å². The number of aliphatic hydroxyl groups is 1. The third-order valence-electron chi connectivity index (χ3n) is 5.52. The largest absolute Gasteiger partial charge is 0.388 e. The number of anilines is 1. The second-order valence-corrected chi connectivity index (χ2v) is 7.76. The predicted octanol–water partition coefficient (Wildman–Crippen LogP) is 1.44. The van der Waals surface area contributed by atoms with Gasteiger partial charge >= 0.3 is 5.91 Å². The summed E-state index contributed by atoms with van der Waals surface area (Å²) in [5.74, 6) is -5.38. The predicted molar refractivity (Wildman–Crippen MR) is 105 cm³/mol. The van der Waals surface area contributed by atoms with Crippen LogP contribution in [0.25, 0.3) is 0 Å². The molecule has 2 amide bonds. The monoisotopic (exact) mass is 453 g/mol. The van der Waals surface area contributed by atoms with Crippen LogP contribution in [0.3, 0.4) is 0 Å². The Balaban J connectivity index is 1.79. The molecule has 0 radical (unpaired) electrons. The Morgan fingerprint density at radius 1 is 1.23 bits per heavy atom. The summed E-state index contributed by atoms with van der Waals surface area (Å²) >= 11 is 6.27. The first kappa shape index (κ1) is 21.4. The molecule has 0 saturated carbocycles. The lowest BCUT2D eigenvalue weighted by Crippen LogP contribution is -2.50. The van der Waals surface area contributed by atoms with E-state index in [1.807, 2.05) is 0 Å². The summed E-state index contributed by atoms with van der Waals surface area (Å²) in [6.45, 7) is 0.141. The van der Waals surface area contributed by atoms with Gasteiger partial charge in [0.15, 0.2) is 11.6 Å². The van der Waals surface area contributed by atoms with Crippen LogP contribution in [-0.2, 0) is 22.5 Å². The standard InChI is InChI=1S/C20H18ClF2N3O5/c21-16-15(19(24)29)12-2-1-5-25(12)17(16)18(28)20(30)26(13-7-31-8-14(13)27)9-3-4-10(22)11(23)6-9/h3-4,6,13-14,27H,1-2,5,7-8H2,(H2,24,29)/t13-,14-/m0/s1. The maximum Gasteiger partial charge on any atom is 0.301 e. The van der Waals surface area contributed by atoms with Crippen LogP contribution >= 0.6 is 11.6 Å². The minimum Gasteiger partial charge on any atom is -0.388 e. The van der Waals surface area contributed by atoms with E-state index in [4.69, 9.17) is 22.1 Å². The van der Waals surface area contributed by atoms with Crippen molar-refractivity contribution in [3.63, 3.8) is 0 Å². The van der Waals surface area contributed by atoms with Gasteiger partial charge in [0, 0.05) is 24.0 Å². The zero-order chi connectivity index (χ0) is 22.4. The Morgan fingerprint density at radius 2 is 1.97 bits per heavy atom. The molecule has 1 fully saturated rings. The van der Waals surface area contributed by atoms with Crippen LogP contribution in [0.15, 0.2) is 18.2 Å². The molecular weight excluding hydrogens is 436 g/mol. The van der Waals surface area contributed by atoms with Gasteiger partial charge in [0.05, 0.1) is 29.8 Å². The van der Waals surface area contributed by atoms with Gasteiger partial charge in [-0.2, -0.15) is 0 Å². The lowest BCUT2D eigenvalue weighted by atomic mass is 10.1. The van der Waals surface area contributed by atoms with Crippen LogP contribution in [0.1, 0.15) is 33.0 Å². The molecule has 1 aromatic heterocycles. The van der Waals surface area contributed by atoms with Crippen LogP contribution in [0.4, 0.5) is 14.5 Å². The van der Waals surface area contributed by atoms with Gasteiger partial charge in [-0.05, 0) is 25.0 Å². The van der Waals surface area contributed by atoms with Crippen molar-refractivity contribution in [2.24, 2.45) is 5.73 Å². The molecule has 0 spiro atoms. The summed E-state index contributed by atoms with van der Waals surface area (Å²) in [6, 6.07) is 1.67. The number of nitrogens with zero attached hydrogens (tertiary/aromatic N) is 2. The SMILES string of the molecule is NC(=O)c1c(Cl)c(C(=O)C(=O)N(c2ccc(F)c(F)c2)[C@H]2COC[C@@H]2O)n2c1CCC2. The van der Waals surface area contributed by atoms with Crippen LogP contribution in [0, 0.1) is 11.6 Å². The fraction of sp³-hybridized carbons (Fsp3) is 0.350. The molecule has 31 heavy (non-hydrogen) atoms. The van der Waals surface area contributed by atoms with Crippen molar-refractivity contribution in [2.45, 2.75) is 31.5 Å². The van der Waals surface area contributed by atoms with E-state index in [-0.39, 0.29) is 35.2 Å². The number of ketones is 1. The summed E-state index contributed by atoms with van der Waals surface area (Å²) in [5.41, 5.74) is 5.53. The number of nitrogens with two attached hydrogens (primary N) is 1. The molecule has 8 nitrogen and oxygen atoms in total. The average Bonchev–Trinajstić information content (AvgIpc) is 3.40. The van der Waals surface area contributed by atoms with E-state index in [1.165, 1.54) is 4.57 Å². The van der Waals surface area contributed by atoms with Gasteiger partial charge in [0.25, 0.3) is 11.7 Å². The number of hydrogen-bond donors (Lipinski definition) is 2. The molecule has 0 bridgehead atoms. The molecule has 3 N–H and O–H groups in total. The average molecular weight is 454 g/mol. The lowest BCUT2D eigenvalue weighted by molar-refractivity contribution is -0.115. The Labute approximate surface area is 180 Å². The van der Waals surface area contributed by atoms with E-state index in [0.717, 1.165) is 23.1 Å². The van der Waals surface area contributed by atoms with E-state index in [0.29, 0.717) is 25.1 Å². The van der Waals surface area contributed by atoms with Crippen molar-refractivity contribution < 1.29 is 33.0 Å². The number of primary amides is 1. The van der Waals surface area contributed by atoms with Gasteiger partial charge in [-0.3, -0.25) is 19.3 Å². The molecule has 3 heterocycles. The number of carbonyl (C=O) groups is 3. The van der Waals surface area contributed by atoms with Crippen LogP contribution in [0.5, 0.6) is 0 Å². The highest BCUT2D eigenvalue weighted by molar-refractivity contribution is 6.50. The number of fused-ring (bicyclic) bond motifs is 1. The summed E-state index contributed by atoms with van der Waals surface area (Å²) in [5, 5.41) is 10.0. The number of rotatable bonds is 5. The number of hydrogen-bond acceptors (Lipinski definition) is 5. The molecule has 2 aliphatic rings. The second-order valence-electron chi connectivity index (χ2n) is 7.38. The molecule has 11 heteroatoms. The number of aromatic nitrogens is 1. The maximum atomic E-state index is 13.9. The van der Waals surface area contributed by atoms with Gasteiger partial charge in [0.2, 0.25) is 0 Å². The third-order valence-corrected chi connectivity index (χ3v) is 5.88. The summed E-state index contributed by atoms with van der Waals surface area (Å²) in [6.07, 6.45) is -0.0651. The number of carbonyl (C=O) groups excluding carboxylic acids is 3. The minimum atomic E-state index is -1.23. The number of Topliss-reactive ketones (excluding diaryl/α,β-unsaturated/α-hetero) is 1. The van der Waals surface area contributed by atoms with Crippen molar-refractivity contribution in [3.8, 4) is 0 Å². The number of halogens is 3. The van der Waals surface area contributed by atoms with Gasteiger partial charge in [-0.25, -0.2) is 8.78 Å². The second kappa shape index (κ2) is 8.03. The number of aliphatic hydroxyl groups excluding tert-OH is 1. The Morgan fingerprint density at radius 3 is 2.58 bits per heavy atom. The number of ether oxygens (including phenoxy) is 1. The first-order valence-corrected chi connectivity index (χ1v) is 9.89. The third kappa shape index (κ3) is 3.50. The van der Waals surface area contributed by atoms with Crippen LogP contribution < -0.4 is 10.6 Å². The molecule has 4 rings (SSSR count). The highest BCUT2D eigenvalue weighted by atomic mass is 35.5. The first-order valence-electron chi connectivity index (χ1n) is 9.51. The summed E-state index contributed by atoms with van der Waals surface area (Å²) < 4.78 is 34.0. The highest BCUT2D eigenvalue weighted by Crippen LogP contribution is 2.34. The molecule has 2 aromatic rings. The van der Waals surface area contributed by atoms with E-state index >= 15 is 0 Å². The molecule has 0 unspecified atom stereocenters. The van der Waals surface area contributed by atoms with Crippen molar-refractivity contribution >= 4 is 34.9 Å². The summed E-state index contributed by atoms with van der Waals surface area (Å²) in [7, 11) is 0. The molecule has 164 valence electrons. The normalized spacial score (nSPS) is 20.0. The number of amides is 2. The fourth-order valence-corrected chi connectivity index (χ4v) is 4.49. The van der Waals surface area contributed by atoms with Crippen LogP contribution in [-0.4, -0.2) is 52.6 Å². The molecule has 0 aliphatic carbocycles. The van der Waals surface area contributed by atoms with Crippen molar-refractivity contribution in [2.75, 3.05) is 18.1 Å². The Bertz CT molecular complexity index is 1100. The smallest absolute Gasteiger partial charge is 0.301 e. The molecule has 2 aliphatic heterocycles. The van der Waals surface area contributed by atoms with Crippen molar-refractivity contribution in [3.05, 3.63) is 51.8 Å². The van der Waals surface area contributed by atoms with E-state index in [1.54, 1.807) is 0 Å². The summed E-state index contributed by atoms with van der Waals surface area (Å²) in [4.78, 5) is 39.3. The molecule has 1 saturated heterocycles. The van der Waals surface area contributed by atoms with E-state index in [9.17, 15) is 28.3 Å². The Hall–Kier alpha value is -2.82. The lowest BCUT2D eigenvalue weighted by Gasteiger charge is -2.29. The number of benzene rings is 1. The highest BCUT2D eigenvalue weighted by Gasteiger charge is 2.41. The fourth-order valence-electron chi connectivity index (χ4n) is 4.10. The molecule has 1 aromatic carbocycles. The first-order chi connectivity index (χ1) is 14.7. The van der Waals surface area contributed by atoms with Gasteiger partial charge in [0.1, 0.15) is 11.8 Å². The van der Waals surface area contributed by atoms with Crippen molar-refractivity contribution in [1.29, 1.82) is 0 Å². The Kier molecular flexibility index (Phi) is 5.54. The van der Waals surface area contributed by atoms with Gasteiger partial charge < -0.3 is 20.1 Å². The van der Waals surface area contributed by atoms with Crippen molar-refractivity contribution in [1.82, 2.24) is 4.57 Å². The topological polar surface area (TPSA) is 115 Å². The van der Waals surface area contributed by atoms with Gasteiger partial charge in [-0.15, -0.1) is 0 Å². The quantitative estimate of drug-likeness (QED) is 0.525. The van der Waals surface area contributed by atoms with Gasteiger partial charge in [-0.1, -0.05) is 11.6 Å². The molecular formula is C20H18ClF2N3O5. The zero-order valence-electron chi connectivity index (χ0n) is 16.1. The zero-order valence-corrected chi connectivity index (χ0v) is 16.9. The molecule has 2 atom stereocenters. The maximum absolute atomic E-state index is 13.9. The minimum absolute atomic E-state index is 0.0149. The van der Waals surface area contributed by atoms with E-state index in [2.05, 4.69) is 0 Å².